The molecule has 0 aliphatic heterocycles. The van der Waals surface area contributed by atoms with Gasteiger partial charge in [0.15, 0.2) is 0 Å². The van der Waals surface area contributed by atoms with Crippen molar-refractivity contribution in [1.29, 1.82) is 0 Å². The van der Waals surface area contributed by atoms with Gasteiger partial charge in [0, 0.05) is 43.8 Å². The Balaban J connectivity index is 1.40. The zero-order chi connectivity index (χ0) is 25.1. The standard InChI is InChI=1S/C33H20N4O/c1-2-10-21(20(9-1)23-13-7-14-24-22-11-3-5-16-28(22)35-32(23)24)27-19-34-37-36-33(27)26-15-8-18-30-31(26)25-12-4-6-17-29(25)38-30/h1-19,35H. The molecule has 178 valence electrons. The number of benzene rings is 5. The van der Waals surface area contributed by atoms with Crippen LogP contribution in [0, 0.1) is 0 Å². The highest BCUT2D eigenvalue weighted by molar-refractivity contribution is 6.15. The lowest BCUT2D eigenvalue weighted by Gasteiger charge is -2.14. The van der Waals surface area contributed by atoms with E-state index in [-0.39, 0.29) is 0 Å². The SMILES string of the molecule is c1ccc(-c2cccc3c2[nH]c2ccccc23)c(-c2cnnnc2-c2cccc3oc4ccccc4c23)c1. The van der Waals surface area contributed by atoms with Gasteiger partial charge in [-0.2, -0.15) is 0 Å². The number of nitrogens with one attached hydrogen (secondary N) is 1. The van der Waals surface area contributed by atoms with Crippen LogP contribution in [0.5, 0.6) is 0 Å². The number of nitrogens with zero attached hydrogens (tertiary/aromatic N) is 3. The monoisotopic (exact) mass is 488 g/mol. The summed E-state index contributed by atoms with van der Waals surface area (Å²) in [6.07, 6.45) is 1.81. The van der Waals surface area contributed by atoms with Gasteiger partial charge in [0.1, 0.15) is 16.9 Å². The number of furan rings is 1. The molecule has 5 aromatic carbocycles. The van der Waals surface area contributed by atoms with Crippen LogP contribution in [0.3, 0.4) is 0 Å². The predicted molar refractivity (Wildman–Crippen MR) is 153 cm³/mol. The minimum atomic E-state index is 0.772. The van der Waals surface area contributed by atoms with Gasteiger partial charge in [0.05, 0.1) is 11.7 Å². The van der Waals surface area contributed by atoms with Gasteiger partial charge in [-0.1, -0.05) is 91.0 Å². The van der Waals surface area contributed by atoms with E-state index in [1.807, 2.05) is 36.5 Å². The van der Waals surface area contributed by atoms with E-state index >= 15 is 0 Å². The summed E-state index contributed by atoms with van der Waals surface area (Å²) in [6.45, 7) is 0. The summed E-state index contributed by atoms with van der Waals surface area (Å²) in [5.41, 5.74) is 9.84. The Kier molecular flexibility index (Phi) is 4.45. The second-order valence-corrected chi connectivity index (χ2v) is 9.42. The highest BCUT2D eigenvalue weighted by Gasteiger charge is 2.20. The molecule has 0 atom stereocenters. The number of aromatic nitrogens is 4. The third-order valence-corrected chi connectivity index (χ3v) is 7.34. The molecule has 38 heavy (non-hydrogen) atoms. The molecule has 0 saturated heterocycles. The molecule has 0 saturated carbocycles. The molecule has 0 aliphatic rings. The smallest absolute Gasteiger partial charge is 0.136 e. The Morgan fingerprint density at radius 2 is 1.18 bits per heavy atom. The van der Waals surface area contributed by atoms with Crippen molar-refractivity contribution < 1.29 is 4.42 Å². The van der Waals surface area contributed by atoms with Gasteiger partial charge in [-0.05, 0) is 34.5 Å². The molecule has 3 heterocycles. The average molecular weight is 489 g/mol. The number of aromatic amines is 1. The summed E-state index contributed by atoms with van der Waals surface area (Å²) >= 11 is 0. The Hall–Kier alpha value is -5.29. The molecule has 0 unspecified atom stereocenters. The molecule has 8 rings (SSSR count). The molecule has 8 aromatic rings. The van der Waals surface area contributed by atoms with E-state index in [0.717, 1.165) is 66.5 Å². The molecular formula is C33H20N4O. The number of H-pyrrole nitrogens is 1. The van der Waals surface area contributed by atoms with E-state index in [2.05, 4.69) is 99.3 Å². The van der Waals surface area contributed by atoms with Crippen LogP contribution in [0.4, 0.5) is 0 Å². The quantitative estimate of drug-likeness (QED) is 0.271. The zero-order valence-corrected chi connectivity index (χ0v) is 20.2. The maximum atomic E-state index is 6.16. The van der Waals surface area contributed by atoms with Crippen LogP contribution in [0.1, 0.15) is 0 Å². The zero-order valence-electron chi connectivity index (χ0n) is 20.2. The Morgan fingerprint density at radius 1 is 0.526 bits per heavy atom. The van der Waals surface area contributed by atoms with Gasteiger partial charge in [-0.25, -0.2) is 0 Å². The number of para-hydroxylation sites is 3. The molecule has 5 nitrogen and oxygen atoms in total. The highest BCUT2D eigenvalue weighted by atomic mass is 16.3. The van der Waals surface area contributed by atoms with Crippen molar-refractivity contribution in [2.24, 2.45) is 0 Å². The van der Waals surface area contributed by atoms with Crippen molar-refractivity contribution in [1.82, 2.24) is 20.4 Å². The first kappa shape index (κ1) is 20.9. The molecule has 0 spiro atoms. The fourth-order valence-corrected chi connectivity index (χ4v) is 5.69. The van der Waals surface area contributed by atoms with Crippen LogP contribution < -0.4 is 0 Å². The second-order valence-electron chi connectivity index (χ2n) is 9.42. The summed E-state index contributed by atoms with van der Waals surface area (Å²) in [4.78, 5) is 3.65. The summed E-state index contributed by atoms with van der Waals surface area (Å²) in [6, 6.07) is 37.5. The maximum absolute atomic E-state index is 6.16. The molecule has 0 aliphatic carbocycles. The van der Waals surface area contributed by atoms with Gasteiger partial charge in [-0.3, -0.25) is 0 Å². The lowest BCUT2D eigenvalue weighted by atomic mass is 9.91. The Bertz CT molecular complexity index is 2150. The largest absolute Gasteiger partial charge is 0.456 e. The minimum absolute atomic E-state index is 0.772. The molecule has 5 heteroatoms. The number of hydrogen-bond donors (Lipinski definition) is 1. The van der Waals surface area contributed by atoms with E-state index in [1.165, 1.54) is 10.8 Å². The van der Waals surface area contributed by atoms with Gasteiger partial charge in [0.2, 0.25) is 0 Å². The van der Waals surface area contributed by atoms with E-state index in [1.54, 1.807) is 0 Å². The van der Waals surface area contributed by atoms with Gasteiger partial charge in [0.25, 0.3) is 0 Å². The van der Waals surface area contributed by atoms with Crippen LogP contribution in [-0.2, 0) is 0 Å². The first-order valence-corrected chi connectivity index (χ1v) is 12.5. The Morgan fingerprint density at radius 3 is 2.11 bits per heavy atom. The number of rotatable bonds is 3. The second kappa shape index (κ2) is 8.11. The topological polar surface area (TPSA) is 67.6 Å². The third-order valence-electron chi connectivity index (χ3n) is 7.34. The van der Waals surface area contributed by atoms with Crippen LogP contribution >= 0.6 is 0 Å². The lowest BCUT2D eigenvalue weighted by molar-refractivity contribution is 0.669. The van der Waals surface area contributed by atoms with Gasteiger partial charge < -0.3 is 9.40 Å². The molecule has 0 amide bonds. The maximum Gasteiger partial charge on any atom is 0.136 e. The lowest BCUT2D eigenvalue weighted by Crippen LogP contribution is -1.97. The first-order chi connectivity index (χ1) is 18.9. The number of fused-ring (bicyclic) bond motifs is 6. The van der Waals surface area contributed by atoms with E-state index in [9.17, 15) is 0 Å². The first-order valence-electron chi connectivity index (χ1n) is 12.5. The highest BCUT2D eigenvalue weighted by Crippen LogP contribution is 2.42. The van der Waals surface area contributed by atoms with Crippen molar-refractivity contribution >= 4 is 43.7 Å². The normalized spacial score (nSPS) is 11.7. The molecule has 0 fully saturated rings. The molecule has 1 N–H and O–H groups in total. The van der Waals surface area contributed by atoms with Crippen molar-refractivity contribution in [3.63, 3.8) is 0 Å². The van der Waals surface area contributed by atoms with Crippen molar-refractivity contribution in [3.05, 3.63) is 115 Å². The van der Waals surface area contributed by atoms with Crippen LogP contribution in [0.2, 0.25) is 0 Å². The summed E-state index contributed by atoms with van der Waals surface area (Å²) < 4.78 is 6.16. The molecule has 0 bridgehead atoms. The van der Waals surface area contributed by atoms with Crippen molar-refractivity contribution in [2.75, 3.05) is 0 Å². The summed E-state index contributed by atoms with van der Waals surface area (Å²) in [5, 5.41) is 17.4. The fourth-order valence-electron chi connectivity index (χ4n) is 5.69. The Labute approximate surface area is 217 Å². The van der Waals surface area contributed by atoms with Gasteiger partial charge >= 0.3 is 0 Å². The molecular weight excluding hydrogens is 468 g/mol. The third kappa shape index (κ3) is 3.02. The molecule has 3 aromatic heterocycles. The van der Waals surface area contributed by atoms with E-state index in [4.69, 9.17) is 4.42 Å². The van der Waals surface area contributed by atoms with E-state index < -0.39 is 0 Å². The number of hydrogen-bond acceptors (Lipinski definition) is 4. The fraction of sp³-hybridized carbons (Fsp3) is 0. The summed E-state index contributed by atoms with van der Waals surface area (Å²) in [5.74, 6) is 0. The molecule has 0 radical (unpaired) electrons. The van der Waals surface area contributed by atoms with Crippen LogP contribution in [0.15, 0.2) is 120 Å². The predicted octanol–water partition coefficient (Wildman–Crippen LogP) is 8.41. The summed E-state index contributed by atoms with van der Waals surface area (Å²) in [7, 11) is 0. The van der Waals surface area contributed by atoms with Crippen molar-refractivity contribution in [3.8, 4) is 33.5 Å². The average Bonchev–Trinajstić information content (AvgIpc) is 3.56. The van der Waals surface area contributed by atoms with Gasteiger partial charge in [-0.15, -0.1) is 10.2 Å². The van der Waals surface area contributed by atoms with Crippen LogP contribution in [0.25, 0.3) is 77.3 Å². The van der Waals surface area contributed by atoms with E-state index in [0.29, 0.717) is 0 Å². The van der Waals surface area contributed by atoms with Crippen molar-refractivity contribution in [2.45, 2.75) is 0 Å². The van der Waals surface area contributed by atoms with Crippen LogP contribution in [-0.4, -0.2) is 20.4 Å². The minimum Gasteiger partial charge on any atom is -0.456 e.